The Bertz CT molecular complexity index is 1290. The fraction of sp³-hybridized carbons (Fsp3) is 0.190. The Hall–Kier alpha value is -3.88. The van der Waals surface area contributed by atoms with E-state index in [9.17, 15) is 9.18 Å². The van der Waals surface area contributed by atoms with Crippen molar-refractivity contribution >= 4 is 33.9 Å². The Morgan fingerprint density at radius 1 is 1.33 bits per heavy atom. The number of nitrogens with one attached hydrogen (secondary N) is 3. The summed E-state index contributed by atoms with van der Waals surface area (Å²) in [5, 5.41) is 6.80. The highest BCUT2D eigenvalue weighted by Gasteiger charge is 2.16. The number of nitrogens with zero attached hydrogens (tertiary/aromatic N) is 3. The summed E-state index contributed by atoms with van der Waals surface area (Å²) in [4.78, 5) is 23.8. The minimum atomic E-state index is -0.561. The number of hydrogen-bond acceptors (Lipinski definition) is 6. The highest BCUT2D eigenvalue weighted by atomic mass is 19.1. The van der Waals surface area contributed by atoms with Crippen molar-refractivity contribution < 1.29 is 13.9 Å². The summed E-state index contributed by atoms with van der Waals surface area (Å²) in [6.07, 6.45) is 1.74. The van der Waals surface area contributed by atoms with Crippen molar-refractivity contribution in [3.8, 4) is 11.3 Å². The lowest BCUT2D eigenvalue weighted by atomic mass is 10.1. The molecule has 0 atom stereocenters. The van der Waals surface area contributed by atoms with Crippen molar-refractivity contribution in [2.24, 2.45) is 7.05 Å². The van der Waals surface area contributed by atoms with Crippen LogP contribution in [0, 0.1) is 5.82 Å². The third kappa shape index (κ3) is 3.34. The molecule has 0 spiro atoms. The zero-order valence-corrected chi connectivity index (χ0v) is 16.8. The van der Waals surface area contributed by atoms with Gasteiger partial charge < -0.3 is 24.9 Å². The number of pyridine rings is 1. The maximum atomic E-state index is 14.3. The van der Waals surface area contributed by atoms with Crippen LogP contribution in [0.3, 0.4) is 0 Å². The molecule has 4 aromatic rings. The van der Waals surface area contributed by atoms with Gasteiger partial charge in [-0.1, -0.05) is 6.58 Å². The Balaban J connectivity index is 1.74. The number of ether oxygens (including phenoxy) is 1. The van der Waals surface area contributed by atoms with Gasteiger partial charge in [-0.05, 0) is 29.8 Å². The third-order valence-corrected chi connectivity index (χ3v) is 4.88. The number of esters is 1. The number of carbonyl (C=O) groups is 1. The number of halogens is 1. The molecule has 0 aliphatic heterocycles. The van der Waals surface area contributed by atoms with Crippen LogP contribution in [-0.4, -0.2) is 39.6 Å². The molecule has 0 fully saturated rings. The lowest BCUT2D eigenvalue weighted by molar-refractivity contribution is -0.136. The molecule has 0 saturated carbocycles. The van der Waals surface area contributed by atoms with E-state index in [1.54, 1.807) is 13.4 Å². The van der Waals surface area contributed by atoms with Gasteiger partial charge in [0.25, 0.3) is 0 Å². The van der Waals surface area contributed by atoms with Gasteiger partial charge in [-0.15, -0.1) is 0 Å². The van der Waals surface area contributed by atoms with Gasteiger partial charge in [0.05, 0.1) is 19.0 Å². The van der Waals surface area contributed by atoms with Crippen molar-refractivity contribution in [2.45, 2.75) is 6.54 Å². The van der Waals surface area contributed by atoms with Gasteiger partial charge >= 0.3 is 5.97 Å². The molecule has 0 amide bonds. The standard InChI is InChI=1S/C21H21FN6O2/c1-11(21(29)30-4)24-9-12-5-13(7-14(22)6-12)16-8-15-18-17(25-10-28(18)3)20(23-2)27-19(15)26-16/h5-8,10,24H,1,9H2,2-4H3,(H2,23,26,27). The molecular weight excluding hydrogens is 387 g/mol. The van der Waals surface area contributed by atoms with Crippen molar-refractivity contribution in [3.63, 3.8) is 0 Å². The van der Waals surface area contributed by atoms with Gasteiger partial charge in [0.15, 0.2) is 5.82 Å². The second-order valence-corrected chi connectivity index (χ2v) is 6.88. The van der Waals surface area contributed by atoms with Crippen LogP contribution in [0.15, 0.2) is 42.9 Å². The second kappa shape index (κ2) is 7.51. The molecule has 4 rings (SSSR count). The Morgan fingerprint density at radius 2 is 2.13 bits per heavy atom. The number of rotatable bonds is 6. The van der Waals surface area contributed by atoms with Crippen LogP contribution >= 0.6 is 0 Å². The maximum Gasteiger partial charge on any atom is 0.353 e. The molecule has 0 aliphatic rings. The lowest BCUT2D eigenvalue weighted by Crippen LogP contribution is -2.20. The molecule has 30 heavy (non-hydrogen) atoms. The lowest BCUT2D eigenvalue weighted by Gasteiger charge is -2.09. The van der Waals surface area contributed by atoms with Crippen molar-refractivity contribution in [3.05, 3.63) is 54.2 Å². The van der Waals surface area contributed by atoms with Gasteiger partial charge in [0.1, 0.15) is 22.7 Å². The molecule has 3 aromatic heterocycles. The molecule has 154 valence electrons. The molecule has 0 aliphatic carbocycles. The third-order valence-electron chi connectivity index (χ3n) is 4.88. The minimum absolute atomic E-state index is 0.108. The quantitative estimate of drug-likeness (QED) is 0.335. The normalized spacial score (nSPS) is 11.1. The first-order chi connectivity index (χ1) is 14.4. The van der Waals surface area contributed by atoms with Crippen LogP contribution in [0.4, 0.5) is 10.2 Å². The number of aryl methyl sites for hydroxylation is 1. The van der Waals surface area contributed by atoms with Gasteiger partial charge in [0.2, 0.25) is 0 Å². The van der Waals surface area contributed by atoms with Crippen LogP contribution in [0.2, 0.25) is 0 Å². The van der Waals surface area contributed by atoms with Crippen LogP contribution in [0.1, 0.15) is 5.56 Å². The summed E-state index contributed by atoms with van der Waals surface area (Å²) >= 11 is 0. The number of hydrogen-bond donors (Lipinski definition) is 3. The summed E-state index contributed by atoms with van der Waals surface area (Å²) in [5.74, 6) is -0.285. The SMILES string of the molecule is C=C(NCc1cc(F)cc(-c2cc3c(nc(NC)c4ncn(C)c43)[nH]2)c1)C(=O)OC. The summed E-state index contributed by atoms with van der Waals surface area (Å²) in [6, 6.07) is 6.62. The molecule has 9 heteroatoms. The van der Waals surface area contributed by atoms with E-state index in [1.165, 1.54) is 19.2 Å². The van der Waals surface area contributed by atoms with Crippen LogP contribution in [-0.2, 0) is 23.1 Å². The van der Waals surface area contributed by atoms with Gasteiger partial charge in [-0.25, -0.2) is 19.2 Å². The largest absolute Gasteiger partial charge is 0.464 e. The summed E-state index contributed by atoms with van der Waals surface area (Å²) < 4.78 is 20.8. The summed E-state index contributed by atoms with van der Waals surface area (Å²) in [6.45, 7) is 3.84. The fourth-order valence-corrected chi connectivity index (χ4v) is 3.44. The number of anilines is 1. The molecule has 3 heterocycles. The number of methoxy groups -OCH3 is 1. The van der Waals surface area contributed by atoms with Crippen LogP contribution in [0.25, 0.3) is 33.3 Å². The molecule has 0 bridgehead atoms. The average molecular weight is 408 g/mol. The Labute approximate surface area is 171 Å². The van der Waals surface area contributed by atoms with Crippen molar-refractivity contribution in [1.82, 2.24) is 24.8 Å². The van der Waals surface area contributed by atoms with E-state index in [4.69, 9.17) is 0 Å². The second-order valence-electron chi connectivity index (χ2n) is 6.88. The molecule has 1 aromatic carbocycles. The zero-order valence-electron chi connectivity index (χ0n) is 16.8. The van der Waals surface area contributed by atoms with Gasteiger partial charge in [0, 0.05) is 37.3 Å². The number of fused-ring (bicyclic) bond motifs is 3. The van der Waals surface area contributed by atoms with Crippen LogP contribution < -0.4 is 10.6 Å². The average Bonchev–Trinajstić information content (AvgIpc) is 3.33. The first-order valence-electron chi connectivity index (χ1n) is 9.23. The molecule has 8 nitrogen and oxygen atoms in total. The number of aromatic nitrogens is 4. The summed E-state index contributed by atoms with van der Waals surface area (Å²) in [7, 11) is 4.99. The van der Waals surface area contributed by atoms with Gasteiger partial charge in [-0.3, -0.25) is 0 Å². The van der Waals surface area contributed by atoms with Gasteiger partial charge in [-0.2, -0.15) is 0 Å². The van der Waals surface area contributed by atoms with E-state index in [2.05, 4.69) is 36.9 Å². The minimum Gasteiger partial charge on any atom is -0.464 e. The number of H-pyrrole nitrogens is 1. The Kier molecular flexibility index (Phi) is 4.86. The fourth-order valence-electron chi connectivity index (χ4n) is 3.44. The van der Waals surface area contributed by atoms with Crippen molar-refractivity contribution in [1.29, 1.82) is 0 Å². The molecular formula is C21H21FN6O2. The maximum absolute atomic E-state index is 14.3. The van der Waals surface area contributed by atoms with Crippen molar-refractivity contribution in [2.75, 3.05) is 19.5 Å². The predicted octanol–water partition coefficient (Wildman–Crippen LogP) is 3.07. The van der Waals surface area contributed by atoms with E-state index in [0.29, 0.717) is 22.6 Å². The number of aromatic amines is 1. The summed E-state index contributed by atoms with van der Waals surface area (Å²) in [5.41, 5.74) is 4.52. The number of carbonyl (C=O) groups excluding carboxylic acids is 1. The highest BCUT2D eigenvalue weighted by molar-refractivity contribution is 6.07. The van der Waals surface area contributed by atoms with Crippen LogP contribution in [0.5, 0.6) is 0 Å². The van der Waals surface area contributed by atoms with E-state index in [0.717, 1.165) is 22.1 Å². The zero-order chi connectivity index (χ0) is 21.4. The Morgan fingerprint density at radius 3 is 2.87 bits per heavy atom. The van der Waals surface area contributed by atoms with E-state index in [-0.39, 0.29) is 18.1 Å². The molecule has 3 N–H and O–H groups in total. The first kappa shape index (κ1) is 19.4. The predicted molar refractivity (Wildman–Crippen MR) is 113 cm³/mol. The molecule has 0 unspecified atom stereocenters. The monoisotopic (exact) mass is 408 g/mol. The molecule has 0 saturated heterocycles. The first-order valence-corrected chi connectivity index (χ1v) is 9.23. The highest BCUT2D eigenvalue weighted by Crippen LogP contribution is 2.32. The van der Waals surface area contributed by atoms with E-state index in [1.807, 2.05) is 23.7 Å². The van der Waals surface area contributed by atoms with E-state index < -0.39 is 5.97 Å². The van der Waals surface area contributed by atoms with E-state index >= 15 is 0 Å². The topological polar surface area (TPSA) is 96.9 Å². The molecule has 0 radical (unpaired) electrons. The number of imidazole rings is 1. The number of benzene rings is 1. The smallest absolute Gasteiger partial charge is 0.353 e.